The Morgan fingerprint density at radius 2 is 1.91 bits per heavy atom. The van der Waals surface area contributed by atoms with Gasteiger partial charge in [-0.15, -0.1) is 0 Å². The largest absolute Gasteiger partial charge is 0.523 e. The molecule has 0 unspecified atom stereocenters. The summed E-state index contributed by atoms with van der Waals surface area (Å²) in [6.07, 6.45) is -7.06. The maximum atomic E-state index is 12.1. The Balaban J connectivity index is 2.68. The van der Waals surface area contributed by atoms with Gasteiger partial charge in [0.2, 0.25) is 0 Å². The summed E-state index contributed by atoms with van der Waals surface area (Å²) in [6, 6.07) is 0. The smallest absolute Gasteiger partial charge is 0.423 e. The Bertz CT molecular complexity index is 201. The molecule has 0 bridgehead atoms. The first-order valence-corrected chi connectivity index (χ1v) is 2.45. The number of cyclic esters (lactones) is 4. The highest BCUT2D eigenvalue weighted by Crippen LogP contribution is 2.19. The second kappa shape index (κ2) is 2.33. The van der Waals surface area contributed by atoms with E-state index in [1.54, 1.807) is 0 Å². The molecule has 0 radical (unpaired) electrons. The average molecular weight is 168 g/mol. The molecule has 0 aliphatic carbocycles. The Morgan fingerprint density at radius 3 is 2.55 bits per heavy atom. The number of hydrogen-bond acceptors (Lipinski definition) is 5. The molecule has 0 aromatic carbocycles. The van der Waals surface area contributed by atoms with Crippen LogP contribution >= 0.6 is 0 Å². The third-order valence-corrected chi connectivity index (χ3v) is 0.757. The van der Waals surface area contributed by atoms with Crippen molar-refractivity contribution >= 4 is 12.3 Å². The zero-order valence-corrected chi connectivity index (χ0v) is 5.00. The molecule has 1 fully saturated rings. The lowest BCUT2D eigenvalue weighted by atomic mass is 10.7. The monoisotopic (exact) mass is 168 g/mol. The number of alkyl halides is 2. The summed E-state index contributed by atoms with van der Waals surface area (Å²) in [5, 5.41) is 0. The van der Waals surface area contributed by atoms with Crippen molar-refractivity contribution in [2.45, 2.75) is 6.11 Å². The third-order valence-electron chi connectivity index (χ3n) is 0.757. The van der Waals surface area contributed by atoms with Crippen LogP contribution in [0.4, 0.5) is 18.4 Å². The molecule has 1 heterocycles. The summed E-state index contributed by atoms with van der Waals surface area (Å²) in [5.41, 5.74) is 0. The maximum absolute atomic E-state index is 12.1. The highest BCUT2D eigenvalue weighted by Gasteiger charge is 2.41. The van der Waals surface area contributed by atoms with Gasteiger partial charge >= 0.3 is 18.4 Å². The van der Waals surface area contributed by atoms with E-state index in [4.69, 9.17) is 0 Å². The van der Waals surface area contributed by atoms with Gasteiger partial charge in [0.25, 0.3) is 0 Å². The maximum Gasteiger partial charge on any atom is 0.523 e. The van der Waals surface area contributed by atoms with Crippen molar-refractivity contribution in [1.29, 1.82) is 0 Å². The first-order chi connectivity index (χ1) is 4.99. The van der Waals surface area contributed by atoms with Crippen LogP contribution in [-0.2, 0) is 14.2 Å². The summed E-state index contributed by atoms with van der Waals surface area (Å²) in [7, 11) is 0. The number of rotatable bonds is 0. The van der Waals surface area contributed by atoms with Gasteiger partial charge < -0.3 is 14.2 Å². The highest BCUT2D eigenvalue weighted by molar-refractivity contribution is 5.77. The molecule has 1 saturated heterocycles. The fraction of sp³-hybridized carbons (Fsp3) is 0.500. The first kappa shape index (κ1) is 7.70. The SMILES string of the molecule is O=C1OCC(F)(F)OC(=O)O1. The van der Waals surface area contributed by atoms with E-state index in [1.165, 1.54) is 0 Å². The van der Waals surface area contributed by atoms with Gasteiger partial charge in [0.1, 0.15) is 0 Å². The summed E-state index contributed by atoms with van der Waals surface area (Å²) < 4.78 is 34.8. The molecule has 0 N–H and O–H groups in total. The first-order valence-electron chi connectivity index (χ1n) is 2.45. The van der Waals surface area contributed by atoms with Crippen LogP contribution in [0.25, 0.3) is 0 Å². The van der Waals surface area contributed by atoms with Crippen LogP contribution in [0, 0.1) is 0 Å². The zero-order valence-electron chi connectivity index (χ0n) is 5.00. The fourth-order valence-corrected chi connectivity index (χ4v) is 0.413. The second-order valence-corrected chi connectivity index (χ2v) is 1.63. The predicted molar refractivity (Wildman–Crippen MR) is 23.9 cm³/mol. The van der Waals surface area contributed by atoms with Crippen molar-refractivity contribution < 1.29 is 32.6 Å². The lowest BCUT2D eigenvalue weighted by Crippen LogP contribution is -2.26. The van der Waals surface area contributed by atoms with E-state index in [2.05, 4.69) is 14.2 Å². The van der Waals surface area contributed by atoms with Gasteiger partial charge in [-0.05, 0) is 0 Å². The van der Waals surface area contributed by atoms with E-state index in [1.807, 2.05) is 0 Å². The van der Waals surface area contributed by atoms with Gasteiger partial charge in [0.15, 0.2) is 6.61 Å². The van der Waals surface area contributed by atoms with Crippen molar-refractivity contribution in [3.05, 3.63) is 0 Å². The van der Waals surface area contributed by atoms with Gasteiger partial charge in [0, 0.05) is 0 Å². The van der Waals surface area contributed by atoms with E-state index in [0.717, 1.165) is 0 Å². The molecule has 0 amide bonds. The summed E-state index contributed by atoms with van der Waals surface area (Å²) in [6.45, 7) is -1.32. The number of hydrogen-bond donors (Lipinski definition) is 0. The molecule has 0 spiro atoms. The molecular weight excluding hydrogens is 166 g/mol. The van der Waals surface area contributed by atoms with E-state index in [9.17, 15) is 18.4 Å². The molecule has 0 aromatic heterocycles. The van der Waals surface area contributed by atoms with Crippen LogP contribution < -0.4 is 0 Å². The second-order valence-electron chi connectivity index (χ2n) is 1.63. The number of ether oxygens (including phenoxy) is 3. The Hall–Kier alpha value is -1.40. The molecule has 7 heteroatoms. The molecule has 62 valence electrons. The van der Waals surface area contributed by atoms with Crippen LogP contribution in [0.5, 0.6) is 0 Å². The van der Waals surface area contributed by atoms with Crippen LogP contribution in [0.2, 0.25) is 0 Å². The van der Waals surface area contributed by atoms with Gasteiger partial charge in [-0.2, -0.15) is 8.78 Å². The highest BCUT2D eigenvalue weighted by atomic mass is 19.3. The Labute approximate surface area is 58.8 Å². The lowest BCUT2D eigenvalue weighted by Gasteiger charge is -2.08. The van der Waals surface area contributed by atoms with Crippen molar-refractivity contribution in [2.24, 2.45) is 0 Å². The fourth-order valence-electron chi connectivity index (χ4n) is 0.413. The molecule has 11 heavy (non-hydrogen) atoms. The van der Waals surface area contributed by atoms with Gasteiger partial charge in [-0.25, -0.2) is 9.59 Å². The molecule has 0 atom stereocenters. The normalized spacial score (nSPS) is 22.7. The Morgan fingerprint density at radius 1 is 1.27 bits per heavy atom. The molecule has 0 saturated carbocycles. The minimum Gasteiger partial charge on any atom is -0.423 e. The minimum atomic E-state index is -3.80. The number of carbonyl (C=O) groups excluding carboxylic acids is 2. The lowest BCUT2D eigenvalue weighted by molar-refractivity contribution is -0.215. The third kappa shape index (κ3) is 2.03. The molecule has 0 aromatic rings. The van der Waals surface area contributed by atoms with Crippen LogP contribution in [0.15, 0.2) is 0 Å². The van der Waals surface area contributed by atoms with E-state index in [-0.39, 0.29) is 0 Å². The molecule has 1 rings (SSSR count). The minimum absolute atomic E-state index is 1.32. The summed E-state index contributed by atoms with van der Waals surface area (Å²) in [5.74, 6) is 0. The molecule has 1 aliphatic heterocycles. The van der Waals surface area contributed by atoms with Crippen LogP contribution in [-0.4, -0.2) is 25.0 Å². The summed E-state index contributed by atoms with van der Waals surface area (Å²) in [4.78, 5) is 20.2. The molecular formula is C4H2F2O5. The summed E-state index contributed by atoms with van der Waals surface area (Å²) >= 11 is 0. The van der Waals surface area contributed by atoms with Gasteiger partial charge in [0.05, 0.1) is 0 Å². The quantitative estimate of drug-likeness (QED) is 0.397. The standard InChI is InChI=1S/C4H2F2O5/c5-4(6)1-9-2(7)10-3(8)11-4/h1H2. The van der Waals surface area contributed by atoms with E-state index in [0.29, 0.717) is 0 Å². The molecule has 1 aliphatic rings. The van der Waals surface area contributed by atoms with Crippen LogP contribution in [0.1, 0.15) is 0 Å². The van der Waals surface area contributed by atoms with Crippen molar-refractivity contribution in [2.75, 3.05) is 6.61 Å². The van der Waals surface area contributed by atoms with Crippen molar-refractivity contribution in [3.63, 3.8) is 0 Å². The predicted octanol–water partition coefficient (Wildman–Crippen LogP) is 0.883. The van der Waals surface area contributed by atoms with Gasteiger partial charge in [-0.3, -0.25) is 0 Å². The van der Waals surface area contributed by atoms with Crippen molar-refractivity contribution in [1.82, 2.24) is 0 Å². The van der Waals surface area contributed by atoms with E-state index >= 15 is 0 Å². The number of halogens is 2. The van der Waals surface area contributed by atoms with Crippen molar-refractivity contribution in [3.8, 4) is 0 Å². The molecule has 5 nitrogen and oxygen atoms in total. The Kier molecular flexibility index (Phi) is 1.63. The average Bonchev–Trinajstić information content (AvgIpc) is 1.90. The van der Waals surface area contributed by atoms with Crippen LogP contribution in [0.3, 0.4) is 0 Å². The number of carbonyl (C=O) groups is 2. The topological polar surface area (TPSA) is 61.8 Å². The zero-order chi connectivity index (χ0) is 8.48. The van der Waals surface area contributed by atoms with E-state index < -0.39 is 25.0 Å². The van der Waals surface area contributed by atoms with Gasteiger partial charge in [-0.1, -0.05) is 0 Å².